The second-order valence-electron chi connectivity index (χ2n) is 10.1. The van der Waals surface area contributed by atoms with Gasteiger partial charge in [-0.15, -0.1) is 11.3 Å². The predicted molar refractivity (Wildman–Crippen MR) is 133 cm³/mol. The van der Waals surface area contributed by atoms with E-state index in [0.717, 1.165) is 45.7 Å². The molecule has 3 heterocycles. The van der Waals surface area contributed by atoms with Crippen LogP contribution in [0.1, 0.15) is 58.9 Å². The molecule has 168 valence electrons. The van der Waals surface area contributed by atoms with Gasteiger partial charge in [-0.2, -0.15) is 0 Å². The summed E-state index contributed by atoms with van der Waals surface area (Å²) in [6.07, 6.45) is 4.85. The van der Waals surface area contributed by atoms with E-state index in [2.05, 4.69) is 67.6 Å². The van der Waals surface area contributed by atoms with Gasteiger partial charge in [0.2, 0.25) is 5.95 Å². The molecule has 4 rings (SSSR count). The number of nitrogens with one attached hydrogen (secondary N) is 2. The summed E-state index contributed by atoms with van der Waals surface area (Å²) < 4.78 is 0. The van der Waals surface area contributed by atoms with E-state index in [1.807, 2.05) is 31.3 Å². The van der Waals surface area contributed by atoms with E-state index < -0.39 is 0 Å². The molecule has 1 aliphatic rings. The molecule has 32 heavy (non-hydrogen) atoms. The largest absolute Gasteiger partial charge is 0.351 e. The Morgan fingerprint density at radius 3 is 2.53 bits per heavy atom. The Morgan fingerprint density at radius 1 is 1.09 bits per heavy atom. The third-order valence-corrected chi connectivity index (χ3v) is 7.10. The van der Waals surface area contributed by atoms with Gasteiger partial charge in [-0.05, 0) is 75.9 Å². The van der Waals surface area contributed by atoms with Crippen LogP contribution in [-0.4, -0.2) is 33.4 Å². The molecule has 0 bridgehead atoms. The Labute approximate surface area is 194 Å². The van der Waals surface area contributed by atoms with E-state index in [4.69, 9.17) is 4.98 Å². The molecule has 1 saturated heterocycles. The zero-order valence-electron chi connectivity index (χ0n) is 19.5. The highest BCUT2D eigenvalue weighted by atomic mass is 32.1. The van der Waals surface area contributed by atoms with E-state index >= 15 is 0 Å². The molecule has 0 amide bonds. The molecular formula is C26H32N4OS. The van der Waals surface area contributed by atoms with Gasteiger partial charge in [0.05, 0.1) is 10.6 Å². The molecule has 2 aromatic heterocycles. The second-order valence-corrected chi connectivity index (χ2v) is 11.2. The molecule has 0 aliphatic carbocycles. The van der Waals surface area contributed by atoms with Crippen molar-refractivity contribution in [1.82, 2.24) is 15.3 Å². The number of aromatic nitrogens is 2. The topological polar surface area (TPSA) is 66.9 Å². The predicted octanol–water partition coefficient (Wildman–Crippen LogP) is 5.90. The van der Waals surface area contributed by atoms with E-state index in [9.17, 15) is 4.79 Å². The van der Waals surface area contributed by atoms with Crippen molar-refractivity contribution in [3.63, 3.8) is 0 Å². The first-order valence-electron chi connectivity index (χ1n) is 11.2. The third kappa shape index (κ3) is 5.25. The number of carbonyl (C=O) groups is 1. The number of benzene rings is 1. The van der Waals surface area contributed by atoms with Crippen LogP contribution in [0.15, 0.2) is 48.7 Å². The number of piperidine rings is 1. The Bertz CT molecular complexity index is 1090. The van der Waals surface area contributed by atoms with E-state index in [1.165, 1.54) is 0 Å². The molecule has 5 nitrogen and oxygen atoms in total. The molecule has 6 heteroatoms. The van der Waals surface area contributed by atoms with E-state index in [1.54, 1.807) is 11.3 Å². The monoisotopic (exact) mass is 448 g/mol. The third-order valence-electron chi connectivity index (χ3n) is 5.94. The number of rotatable bonds is 6. The van der Waals surface area contributed by atoms with Crippen LogP contribution in [0.25, 0.3) is 21.0 Å². The first-order chi connectivity index (χ1) is 15.1. The number of nitrogens with zero attached hydrogens (tertiary/aromatic N) is 2. The fourth-order valence-corrected chi connectivity index (χ4v) is 5.83. The Morgan fingerprint density at radius 2 is 1.81 bits per heavy atom. The summed E-state index contributed by atoms with van der Waals surface area (Å²) in [5.41, 5.74) is 3.21. The lowest BCUT2D eigenvalue weighted by Crippen LogP contribution is -2.60. The molecular weight excluding hydrogens is 416 g/mol. The Kier molecular flexibility index (Phi) is 6.19. The molecule has 1 aromatic carbocycles. The minimum absolute atomic E-state index is 0.0650. The normalized spacial score (nSPS) is 18.8. The summed E-state index contributed by atoms with van der Waals surface area (Å²) in [5, 5.41) is 7.30. The maximum Gasteiger partial charge on any atom is 0.223 e. The summed E-state index contributed by atoms with van der Waals surface area (Å²) in [7, 11) is 0. The standard InChI is InChI=1S/C26H32N4OS/c1-17(16-31)18-7-6-8-19(13-18)22-9-10-23(32-22)21-11-12-27-24(29-21)28-20-14-25(2,3)30-26(4,5)15-20/h6-13,16-17,20,30H,14-15H2,1-5H3,(H,27,28,29). The van der Waals surface area contributed by atoms with Gasteiger partial charge >= 0.3 is 0 Å². The highest BCUT2D eigenvalue weighted by Gasteiger charge is 2.37. The molecule has 3 aromatic rings. The number of thiophene rings is 1. The van der Waals surface area contributed by atoms with E-state index in [-0.39, 0.29) is 17.0 Å². The highest BCUT2D eigenvalue weighted by molar-refractivity contribution is 7.18. The summed E-state index contributed by atoms with van der Waals surface area (Å²) in [6.45, 7) is 10.9. The molecule has 1 atom stereocenters. The van der Waals surface area contributed by atoms with Crippen LogP contribution < -0.4 is 10.6 Å². The molecule has 0 spiro atoms. The number of hydrogen-bond donors (Lipinski definition) is 2. The number of hydrogen-bond acceptors (Lipinski definition) is 6. The summed E-state index contributed by atoms with van der Waals surface area (Å²) in [4.78, 5) is 22.7. The molecule has 1 aliphatic heterocycles. The van der Waals surface area contributed by atoms with Crippen LogP contribution >= 0.6 is 11.3 Å². The maximum absolute atomic E-state index is 11.2. The Hall–Kier alpha value is -2.57. The van der Waals surface area contributed by atoms with Gasteiger partial charge in [0.25, 0.3) is 0 Å². The fraction of sp³-hybridized carbons (Fsp3) is 0.423. The fourth-order valence-electron chi connectivity index (χ4n) is 4.86. The lowest BCUT2D eigenvalue weighted by molar-refractivity contribution is -0.108. The van der Waals surface area contributed by atoms with Gasteiger partial charge in [-0.1, -0.05) is 25.1 Å². The molecule has 1 fully saturated rings. The van der Waals surface area contributed by atoms with Crippen molar-refractivity contribution in [3.8, 4) is 21.0 Å². The lowest BCUT2D eigenvalue weighted by Gasteiger charge is -2.46. The number of anilines is 1. The molecule has 1 unspecified atom stereocenters. The quantitative estimate of drug-likeness (QED) is 0.460. The number of aldehydes is 1. The van der Waals surface area contributed by atoms with Crippen molar-refractivity contribution in [3.05, 3.63) is 54.2 Å². The van der Waals surface area contributed by atoms with Gasteiger partial charge in [-0.3, -0.25) is 0 Å². The van der Waals surface area contributed by atoms with Gasteiger partial charge < -0.3 is 15.4 Å². The Balaban J connectivity index is 1.54. The van der Waals surface area contributed by atoms with Crippen LogP contribution in [0.3, 0.4) is 0 Å². The van der Waals surface area contributed by atoms with Crippen molar-refractivity contribution in [1.29, 1.82) is 0 Å². The summed E-state index contributed by atoms with van der Waals surface area (Å²) >= 11 is 1.70. The smallest absolute Gasteiger partial charge is 0.223 e. The molecule has 0 saturated carbocycles. The van der Waals surface area contributed by atoms with Crippen LogP contribution in [-0.2, 0) is 4.79 Å². The van der Waals surface area contributed by atoms with E-state index in [0.29, 0.717) is 12.0 Å². The zero-order chi connectivity index (χ0) is 22.9. The van der Waals surface area contributed by atoms with Crippen LogP contribution in [0.2, 0.25) is 0 Å². The zero-order valence-corrected chi connectivity index (χ0v) is 20.3. The molecule has 0 radical (unpaired) electrons. The minimum Gasteiger partial charge on any atom is -0.351 e. The summed E-state index contributed by atoms with van der Waals surface area (Å²) in [5.74, 6) is 0.576. The first kappa shape index (κ1) is 22.6. The maximum atomic E-state index is 11.2. The van der Waals surface area contributed by atoms with Gasteiger partial charge in [0.15, 0.2) is 0 Å². The van der Waals surface area contributed by atoms with Crippen LogP contribution in [0, 0.1) is 0 Å². The molecule has 2 N–H and O–H groups in total. The van der Waals surface area contributed by atoms with Crippen molar-refractivity contribution >= 4 is 23.6 Å². The van der Waals surface area contributed by atoms with Gasteiger partial charge in [0, 0.05) is 34.1 Å². The van der Waals surface area contributed by atoms with Crippen LogP contribution in [0.4, 0.5) is 5.95 Å². The van der Waals surface area contributed by atoms with Gasteiger partial charge in [0.1, 0.15) is 6.29 Å². The van der Waals surface area contributed by atoms with Crippen molar-refractivity contribution in [2.24, 2.45) is 0 Å². The SMILES string of the molecule is CC(C=O)c1cccc(-c2ccc(-c3ccnc(NC4CC(C)(C)NC(C)(C)C4)n3)s2)c1. The first-order valence-corrected chi connectivity index (χ1v) is 12.0. The van der Waals surface area contributed by atoms with Crippen molar-refractivity contribution in [2.45, 2.75) is 70.5 Å². The lowest BCUT2D eigenvalue weighted by atomic mass is 9.80. The average Bonchev–Trinajstić information content (AvgIpc) is 3.21. The van der Waals surface area contributed by atoms with Crippen molar-refractivity contribution < 1.29 is 4.79 Å². The summed E-state index contributed by atoms with van der Waals surface area (Å²) in [6, 6.07) is 14.7. The van der Waals surface area contributed by atoms with Crippen molar-refractivity contribution in [2.75, 3.05) is 5.32 Å². The average molecular weight is 449 g/mol. The second kappa shape index (κ2) is 8.75. The number of carbonyl (C=O) groups excluding carboxylic acids is 1. The minimum atomic E-state index is -0.102. The van der Waals surface area contributed by atoms with Crippen LogP contribution in [0.5, 0.6) is 0 Å². The van der Waals surface area contributed by atoms with Gasteiger partial charge in [-0.25, -0.2) is 9.97 Å². The highest BCUT2D eigenvalue weighted by Crippen LogP contribution is 2.35.